The SMILES string of the molecule is CC(CN1CCCCCC1)NC(=O)c1cnc2c(c1)ncn2C. The number of carbonyl (C=O) groups is 1. The number of nitrogens with zero attached hydrogens (tertiary/aromatic N) is 4. The highest BCUT2D eigenvalue weighted by Gasteiger charge is 2.16. The van der Waals surface area contributed by atoms with Gasteiger partial charge in [-0.3, -0.25) is 4.79 Å². The van der Waals surface area contributed by atoms with Crippen molar-refractivity contribution in [2.75, 3.05) is 19.6 Å². The van der Waals surface area contributed by atoms with E-state index in [1.54, 1.807) is 18.6 Å². The normalized spacial score (nSPS) is 17.8. The molecule has 0 aromatic carbocycles. The Morgan fingerprint density at radius 1 is 1.26 bits per heavy atom. The Bertz CT molecular complexity index is 673. The van der Waals surface area contributed by atoms with E-state index in [1.165, 1.54) is 25.7 Å². The van der Waals surface area contributed by atoms with E-state index in [-0.39, 0.29) is 11.9 Å². The quantitative estimate of drug-likeness (QED) is 0.937. The molecule has 1 amide bonds. The second-order valence-corrected chi connectivity index (χ2v) is 6.51. The monoisotopic (exact) mass is 315 g/mol. The van der Waals surface area contributed by atoms with Crippen molar-refractivity contribution in [3.05, 3.63) is 24.2 Å². The van der Waals surface area contributed by atoms with Gasteiger partial charge in [0.15, 0.2) is 5.65 Å². The summed E-state index contributed by atoms with van der Waals surface area (Å²) in [7, 11) is 1.89. The summed E-state index contributed by atoms with van der Waals surface area (Å²) in [6, 6.07) is 1.93. The minimum atomic E-state index is -0.0765. The summed E-state index contributed by atoms with van der Waals surface area (Å²) >= 11 is 0. The van der Waals surface area contributed by atoms with Gasteiger partial charge in [-0.2, -0.15) is 0 Å². The third kappa shape index (κ3) is 3.88. The molecule has 2 aromatic heterocycles. The number of amides is 1. The van der Waals surface area contributed by atoms with Crippen molar-refractivity contribution < 1.29 is 4.79 Å². The van der Waals surface area contributed by atoms with Gasteiger partial charge >= 0.3 is 0 Å². The van der Waals surface area contributed by atoms with Gasteiger partial charge in [0.1, 0.15) is 5.52 Å². The highest BCUT2D eigenvalue weighted by atomic mass is 16.1. The van der Waals surface area contributed by atoms with Crippen molar-refractivity contribution in [2.24, 2.45) is 7.05 Å². The Morgan fingerprint density at radius 3 is 2.74 bits per heavy atom. The molecular formula is C17H25N5O. The summed E-state index contributed by atoms with van der Waals surface area (Å²) in [4.78, 5) is 23.5. The fourth-order valence-corrected chi connectivity index (χ4v) is 3.20. The fraction of sp³-hybridized carbons (Fsp3) is 0.588. The van der Waals surface area contributed by atoms with Gasteiger partial charge in [-0.05, 0) is 38.9 Å². The molecule has 0 saturated carbocycles. The number of hydrogen-bond acceptors (Lipinski definition) is 4. The lowest BCUT2D eigenvalue weighted by molar-refractivity contribution is 0.0929. The number of likely N-dealkylation sites (tertiary alicyclic amines) is 1. The van der Waals surface area contributed by atoms with Crippen LogP contribution in [0.5, 0.6) is 0 Å². The second-order valence-electron chi connectivity index (χ2n) is 6.51. The van der Waals surface area contributed by atoms with Gasteiger partial charge in [0, 0.05) is 25.8 Å². The molecule has 1 aliphatic heterocycles. The lowest BCUT2D eigenvalue weighted by Gasteiger charge is -2.24. The Morgan fingerprint density at radius 2 is 2.00 bits per heavy atom. The summed E-state index contributed by atoms with van der Waals surface area (Å²) in [5, 5.41) is 3.08. The molecule has 1 N–H and O–H groups in total. The zero-order valence-electron chi connectivity index (χ0n) is 14.0. The minimum absolute atomic E-state index is 0.0765. The molecule has 3 heterocycles. The summed E-state index contributed by atoms with van der Waals surface area (Å²) in [5.74, 6) is -0.0765. The molecule has 1 saturated heterocycles. The zero-order valence-corrected chi connectivity index (χ0v) is 14.0. The first-order valence-corrected chi connectivity index (χ1v) is 8.44. The van der Waals surface area contributed by atoms with E-state index in [9.17, 15) is 4.79 Å². The van der Waals surface area contributed by atoms with Crippen LogP contribution in [0.3, 0.4) is 0 Å². The van der Waals surface area contributed by atoms with Crippen LogP contribution in [0.4, 0.5) is 0 Å². The average molecular weight is 315 g/mol. The zero-order chi connectivity index (χ0) is 16.2. The number of aromatic nitrogens is 3. The number of fused-ring (bicyclic) bond motifs is 1. The van der Waals surface area contributed by atoms with Gasteiger partial charge in [-0.25, -0.2) is 9.97 Å². The van der Waals surface area contributed by atoms with Crippen LogP contribution in [0.25, 0.3) is 11.2 Å². The van der Waals surface area contributed by atoms with Crippen molar-refractivity contribution >= 4 is 17.1 Å². The van der Waals surface area contributed by atoms with Gasteiger partial charge in [-0.15, -0.1) is 0 Å². The van der Waals surface area contributed by atoms with Crippen LogP contribution in [-0.2, 0) is 7.05 Å². The van der Waals surface area contributed by atoms with Crippen LogP contribution in [0.15, 0.2) is 18.6 Å². The summed E-state index contributed by atoms with van der Waals surface area (Å²) in [5.41, 5.74) is 2.11. The molecule has 23 heavy (non-hydrogen) atoms. The highest BCUT2D eigenvalue weighted by molar-refractivity contribution is 5.96. The molecule has 0 radical (unpaired) electrons. The van der Waals surface area contributed by atoms with E-state index in [2.05, 4.69) is 27.1 Å². The molecular weight excluding hydrogens is 290 g/mol. The molecule has 6 nitrogen and oxygen atoms in total. The van der Waals surface area contributed by atoms with E-state index < -0.39 is 0 Å². The fourth-order valence-electron chi connectivity index (χ4n) is 3.20. The molecule has 3 rings (SSSR count). The van der Waals surface area contributed by atoms with E-state index in [0.29, 0.717) is 5.56 Å². The summed E-state index contributed by atoms with van der Waals surface area (Å²) in [6.45, 7) is 5.25. The molecule has 1 aliphatic rings. The first kappa shape index (κ1) is 15.9. The molecule has 6 heteroatoms. The third-order valence-electron chi connectivity index (χ3n) is 4.42. The Balaban J connectivity index is 1.60. The molecule has 0 aliphatic carbocycles. The Labute approximate surface area is 136 Å². The van der Waals surface area contributed by atoms with Crippen LogP contribution >= 0.6 is 0 Å². The van der Waals surface area contributed by atoms with Crippen LogP contribution in [0, 0.1) is 0 Å². The number of aryl methyl sites for hydroxylation is 1. The van der Waals surface area contributed by atoms with E-state index in [0.717, 1.165) is 30.8 Å². The molecule has 1 atom stereocenters. The summed E-state index contributed by atoms with van der Waals surface area (Å²) < 4.78 is 1.85. The van der Waals surface area contributed by atoms with Gasteiger partial charge in [0.25, 0.3) is 5.91 Å². The lowest BCUT2D eigenvalue weighted by atomic mass is 10.2. The Hall–Kier alpha value is -1.95. The highest BCUT2D eigenvalue weighted by Crippen LogP contribution is 2.12. The van der Waals surface area contributed by atoms with Crippen molar-refractivity contribution in [3.63, 3.8) is 0 Å². The maximum absolute atomic E-state index is 12.4. The van der Waals surface area contributed by atoms with E-state index >= 15 is 0 Å². The maximum atomic E-state index is 12.4. The predicted octanol–water partition coefficient (Wildman–Crippen LogP) is 1.96. The smallest absolute Gasteiger partial charge is 0.253 e. The summed E-state index contributed by atoms with van der Waals surface area (Å²) in [6.07, 6.45) is 8.52. The first-order valence-electron chi connectivity index (χ1n) is 8.44. The topological polar surface area (TPSA) is 63.1 Å². The predicted molar refractivity (Wildman–Crippen MR) is 90.3 cm³/mol. The first-order chi connectivity index (χ1) is 11.1. The van der Waals surface area contributed by atoms with Crippen LogP contribution < -0.4 is 5.32 Å². The van der Waals surface area contributed by atoms with E-state index in [4.69, 9.17) is 0 Å². The number of hydrogen-bond donors (Lipinski definition) is 1. The van der Waals surface area contributed by atoms with Crippen molar-refractivity contribution in [2.45, 2.75) is 38.6 Å². The average Bonchev–Trinajstić information content (AvgIpc) is 2.73. The van der Waals surface area contributed by atoms with Crippen molar-refractivity contribution in [1.82, 2.24) is 24.8 Å². The molecule has 124 valence electrons. The van der Waals surface area contributed by atoms with Crippen molar-refractivity contribution in [3.8, 4) is 0 Å². The number of nitrogens with one attached hydrogen (secondary N) is 1. The van der Waals surface area contributed by atoms with Gasteiger partial charge in [-0.1, -0.05) is 12.8 Å². The largest absolute Gasteiger partial charge is 0.348 e. The van der Waals surface area contributed by atoms with Gasteiger partial charge < -0.3 is 14.8 Å². The molecule has 0 spiro atoms. The number of pyridine rings is 1. The maximum Gasteiger partial charge on any atom is 0.253 e. The second kappa shape index (κ2) is 7.08. The number of imidazole rings is 1. The van der Waals surface area contributed by atoms with Crippen molar-refractivity contribution in [1.29, 1.82) is 0 Å². The molecule has 1 fully saturated rings. The number of rotatable bonds is 4. The van der Waals surface area contributed by atoms with Crippen LogP contribution in [0.1, 0.15) is 43.0 Å². The van der Waals surface area contributed by atoms with Gasteiger partial charge in [0.05, 0.1) is 11.9 Å². The molecule has 2 aromatic rings. The van der Waals surface area contributed by atoms with E-state index in [1.807, 2.05) is 11.6 Å². The molecule has 0 bridgehead atoms. The number of carbonyl (C=O) groups excluding carboxylic acids is 1. The molecule has 1 unspecified atom stereocenters. The Kier molecular flexibility index (Phi) is 4.91. The minimum Gasteiger partial charge on any atom is -0.348 e. The standard InChI is InChI=1S/C17H25N5O/c1-13(11-22-7-5-3-4-6-8-22)20-17(23)14-9-15-16(18-10-14)21(2)12-19-15/h9-10,12-13H,3-8,11H2,1-2H3,(H,20,23). The third-order valence-corrected chi connectivity index (χ3v) is 4.42. The van der Waals surface area contributed by atoms with Crippen LogP contribution in [-0.4, -0.2) is 51.0 Å². The lowest BCUT2D eigenvalue weighted by Crippen LogP contribution is -2.42. The van der Waals surface area contributed by atoms with Crippen LogP contribution in [0.2, 0.25) is 0 Å². The van der Waals surface area contributed by atoms with Gasteiger partial charge in [0.2, 0.25) is 0 Å².